The van der Waals surface area contributed by atoms with Gasteiger partial charge in [-0.3, -0.25) is 0 Å². The minimum Gasteiger partial charge on any atom is -0.482 e. The number of nitrogens with zero attached hydrogens (tertiary/aromatic N) is 1. The van der Waals surface area contributed by atoms with Gasteiger partial charge >= 0.3 is 12.0 Å². The topological polar surface area (TPSA) is 78.9 Å². The van der Waals surface area contributed by atoms with Crippen molar-refractivity contribution in [1.29, 1.82) is 0 Å². The van der Waals surface area contributed by atoms with E-state index in [1.165, 1.54) is 0 Å². The highest BCUT2D eigenvalue weighted by Crippen LogP contribution is 2.16. The van der Waals surface area contributed by atoms with Gasteiger partial charge in [-0.15, -0.1) is 6.58 Å². The molecular formula is C15H20N2O4. The minimum atomic E-state index is -1.04. The average molecular weight is 292 g/mol. The molecule has 0 aliphatic heterocycles. The van der Waals surface area contributed by atoms with Crippen molar-refractivity contribution in [2.75, 3.05) is 18.5 Å². The number of urea groups is 1. The number of aliphatic carboxylic acids is 1. The number of ether oxygens (including phenoxy) is 1. The standard InChI is InChI=1S/C15H20N2O4/c1-4-9-17(11(2)3)15(20)16-12-5-7-13(8-6-12)21-10-14(18)19/h4-8,11H,1,9-10H2,2-3H3,(H,16,20)(H,18,19). The van der Waals surface area contributed by atoms with Crippen LogP contribution < -0.4 is 10.1 Å². The van der Waals surface area contributed by atoms with Crippen LogP contribution in [-0.2, 0) is 4.79 Å². The van der Waals surface area contributed by atoms with Gasteiger partial charge in [0.2, 0.25) is 0 Å². The molecule has 1 aromatic rings. The normalized spacial score (nSPS) is 10.0. The molecule has 0 spiro atoms. The van der Waals surface area contributed by atoms with Crippen LogP contribution in [0, 0.1) is 0 Å². The molecule has 0 unspecified atom stereocenters. The first-order chi connectivity index (χ1) is 9.93. The number of benzene rings is 1. The molecule has 1 aromatic carbocycles. The van der Waals surface area contributed by atoms with Gasteiger partial charge in [0.25, 0.3) is 0 Å². The summed E-state index contributed by atoms with van der Waals surface area (Å²) in [5.74, 6) is -0.605. The highest BCUT2D eigenvalue weighted by Gasteiger charge is 2.15. The van der Waals surface area contributed by atoms with Gasteiger partial charge in [0, 0.05) is 18.3 Å². The Bertz CT molecular complexity index is 497. The zero-order valence-corrected chi connectivity index (χ0v) is 12.2. The maximum Gasteiger partial charge on any atom is 0.341 e. The number of hydrogen-bond acceptors (Lipinski definition) is 3. The summed E-state index contributed by atoms with van der Waals surface area (Å²) in [6, 6.07) is 6.35. The second-order valence-electron chi connectivity index (χ2n) is 4.67. The van der Waals surface area contributed by atoms with E-state index in [0.29, 0.717) is 18.0 Å². The largest absolute Gasteiger partial charge is 0.482 e. The van der Waals surface area contributed by atoms with Crippen LogP contribution in [0.25, 0.3) is 0 Å². The van der Waals surface area contributed by atoms with Gasteiger partial charge in [0.15, 0.2) is 6.61 Å². The second-order valence-corrected chi connectivity index (χ2v) is 4.67. The lowest BCUT2D eigenvalue weighted by molar-refractivity contribution is -0.139. The van der Waals surface area contributed by atoms with Crippen molar-refractivity contribution in [3.8, 4) is 5.75 Å². The van der Waals surface area contributed by atoms with Crippen LogP contribution in [0.2, 0.25) is 0 Å². The number of anilines is 1. The van der Waals surface area contributed by atoms with E-state index in [-0.39, 0.29) is 12.1 Å². The van der Waals surface area contributed by atoms with Gasteiger partial charge in [-0.25, -0.2) is 9.59 Å². The van der Waals surface area contributed by atoms with E-state index >= 15 is 0 Å². The van der Waals surface area contributed by atoms with Crippen molar-refractivity contribution in [3.63, 3.8) is 0 Å². The van der Waals surface area contributed by atoms with Gasteiger partial charge < -0.3 is 20.1 Å². The van der Waals surface area contributed by atoms with Crippen LogP contribution in [-0.4, -0.2) is 41.2 Å². The van der Waals surface area contributed by atoms with Gasteiger partial charge in [-0.2, -0.15) is 0 Å². The van der Waals surface area contributed by atoms with Gasteiger partial charge in [0.05, 0.1) is 0 Å². The van der Waals surface area contributed by atoms with Crippen molar-refractivity contribution < 1.29 is 19.4 Å². The summed E-state index contributed by atoms with van der Waals surface area (Å²) < 4.78 is 5.02. The van der Waals surface area contributed by atoms with E-state index in [2.05, 4.69) is 11.9 Å². The van der Waals surface area contributed by atoms with Gasteiger partial charge in [-0.1, -0.05) is 6.08 Å². The quantitative estimate of drug-likeness (QED) is 0.757. The lowest BCUT2D eigenvalue weighted by Gasteiger charge is -2.25. The molecule has 6 heteroatoms. The third kappa shape index (κ3) is 5.56. The van der Waals surface area contributed by atoms with Crippen molar-refractivity contribution in [2.24, 2.45) is 0 Å². The van der Waals surface area contributed by atoms with Crippen LogP contribution in [0.15, 0.2) is 36.9 Å². The maximum atomic E-state index is 12.1. The fourth-order valence-corrected chi connectivity index (χ4v) is 1.64. The molecule has 21 heavy (non-hydrogen) atoms. The number of carbonyl (C=O) groups is 2. The Morgan fingerprint density at radius 3 is 2.48 bits per heavy atom. The third-order valence-corrected chi connectivity index (χ3v) is 2.68. The van der Waals surface area contributed by atoms with E-state index in [1.807, 2.05) is 13.8 Å². The molecule has 0 saturated carbocycles. The van der Waals surface area contributed by atoms with Crippen molar-refractivity contribution in [2.45, 2.75) is 19.9 Å². The van der Waals surface area contributed by atoms with Crippen molar-refractivity contribution in [3.05, 3.63) is 36.9 Å². The molecule has 0 fully saturated rings. The minimum absolute atomic E-state index is 0.0566. The lowest BCUT2D eigenvalue weighted by atomic mass is 10.3. The summed E-state index contributed by atoms with van der Waals surface area (Å²) in [5, 5.41) is 11.3. The zero-order valence-electron chi connectivity index (χ0n) is 12.2. The molecule has 0 radical (unpaired) electrons. The molecule has 0 aromatic heterocycles. The van der Waals surface area contributed by atoms with Crippen LogP contribution in [0.1, 0.15) is 13.8 Å². The van der Waals surface area contributed by atoms with E-state index < -0.39 is 12.6 Å². The Morgan fingerprint density at radius 2 is 2.00 bits per heavy atom. The Balaban J connectivity index is 2.63. The monoisotopic (exact) mass is 292 g/mol. The fourth-order valence-electron chi connectivity index (χ4n) is 1.64. The van der Waals surface area contributed by atoms with E-state index in [9.17, 15) is 9.59 Å². The molecule has 0 aliphatic rings. The number of carbonyl (C=O) groups excluding carboxylic acids is 1. The molecule has 0 saturated heterocycles. The third-order valence-electron chi connectivity index (χ3n) is 2.68. The van der Waals surface area contributed by atoms with Crippen LogP contribution in [0.3, 0.4) is 0 Å². The number of amides is 2. The number of carboxylic acids is 1. The Hall–Kier alpha value is -2.50. The maximum absolute atomic E-state index is 12.1. The number of carboxylic acid groups (broad SMARTS) is 1. The molecule has 1 rings (SSSR count). The van der Waals surface area contributed by atoms with E-state index in [1.54, 1.807) is 35.2 Å². The highest BCUT2D eigenvalue weighted by molar-refractivity contribution is 5.89. The molecule has 6 nitrogen and oxygen atoms in total. The van der Waals surface area contributed by atoms with Gasteiger partial charge in [-0.05, 0) is 38.1 Å². The fraction of sp³-hybridized carbons (Fsp3) is 0.333. The summed E-state index contributed by atoms with van der Waals surface area (Å²) in [7, 11) is 0. The van der Waals surface area contributed by atoms with E-state index in [0.717, 1.165) is 0 Å². The first kappa shape index (κ1) is 16.6. The molecular weight excluding hydrogens is 272 g/mol. The molecule has 0 aliphatic carbocycles. The molecule has 0 heterocycles. The van der Waals surface area contributed by atoms with Crippen molar-refractivity contribution in [1.82, 2.24) is 4.90 Å². The second kappa shape index (κ2) is 7.94. The predicted molar refractivity (Wildman–Crippen MR) is 80.6 cm³/mol. The SMILES string of the molecule is C=CCN(C(=O)Nc1ccc(OCC(=O)O)cc1)C(C)C. The summed E-state index contributed by atoms with van der Waals surface area (Å²) in [4.78, 5) is 24.1. The van der Waals surface area contributed by atoms with E-state index in [4.69, 9.17) is 9.84 Å². The Labute approximate surface area is 124 Å². The summed E-state index contributed by atoms with van der Waals surface area (Å²) >= 11 is 0. The lowest BCUT2D eigenvalue weighted by Crippen LogP contribution is -2.40. The summed E-state index contributed by atoms with van der Waals surface area (Å²) in [5.41, 5.74) is 0.609. The molecule has 0 bridgehead atoms. The Morgan fingerprint density at radius 1 is 1.38 bits per heavy atom. The first-order valence-electron chi connectivity index (χ1n) is 6.57. The van der Waals surface area contributed by atoms with Crippen LogP contribution in [0.4, 0.5) is 10.5 Å². The molecule has 2 amide bonds. The highest BCUT2D eigenvalue weighted by atomic mass is 16.5. The average Bonchev–Trinajstić information content (AvgIpc) is 2.43. The Kier molecular flexibility index (Phi) is 6.26. The smallest absolute Gasteiger partial charge is 0.341 e. The van der Waals surface area contributed by atoms with Crippen molar-refractivity contribution >= 4 is 17.7 Å². The molecule has 114 valence electrons. The molecule has 0 atom stereocenters. The van der Waals surface area contributed by atoms with Crippen LogP contribution >= 0.6 is 0 Å². The summed E-state index contributed by atoms with van der Waals surface area (Å²) in [6.07, 6.45) is 1.67. The number of rotatable bonds is 7. The number of hydrogen-bond donors (Lipinski definition) is 2. The first-order valence-corrected chi connectivity index (χ1v) is 6.57. The predicted octanol–water partition coefficient (Wildman–Crippen LogP) is 2.58. The van der Waals surface area contributed by atoms with Gasteiger partial charge in [0.1, 0.15) is 5.75 Å². The number of nitrogens with one attached hydrogen (secondary N) is 1. The molecule has 2 N–H and O–H groups in total. The summed E-state index contributed by atoms with van der Waals surface area (Å²) in [6.45, 7) is 7.54. The zero-order chi connectivity index (χ0) is 15.8. The van der Waals surface area contributed by atoms with Crippen LogP contribution in [0.5, 0.6) is 5.75 Å².